The van der Waals surface area contributed by atoms with Gasteiger partial charge in [0.05, 0.1) is 12.7 Å². The number of nitrogens with zero attached hydrogens (tertiary/aromatic N) is 1. The van der Waals surface area contributed by atoms with Crippen LogP contribution in [0, 0.1) is 0 Å². The summed E-state index contributed by atoms with van der Waals surface area (Å²) in [6.07, 6.45) is -0.434. The number of carbonyl (C=O) groups excluding carboxylic acids is 2. The third-order valence-corrected chi connectivity index (χ3v) is 5.90. The lowest BCUT2D eigenvalue weighted by molar-refractivity contribution is -0.118. The average molecular weight is 480 g/mol. The van der Waals surface area contributed by atoms with Crippen molar-refractivity contribution in [2.45, 2.75) is 6.17 Å². The number of hydrogen-bond acceptors (Lipinski definition) is 5. The third-order valence-electron chi connectivity index (χ3n) is 5.90. The Kier molecular flexibility index (Phi) is 6.53. The minimum absolute atomic E-state index is 0.0996. The average Bonchev–Trinajstić information content (AvgIpc) is 2.93. The van der Waals surface area contributed by atoms with E-state index in [0.29, 0.717) is 22.7 Å². The number of ether oxygens (including phenoxy) is 2. The molecule has 7 heteroatoms. The van der Waals surface area contributed by atoms with Crippen LogP contribution in [0.25, 0.3) is 0 Å². The number of hydrogen-bond donors (Lipinski definition) is 2. The van der Waals surface area contributed by atoms with Crippen LogP contribution in [0.15, 0.2) is 103 Å². The minimum Gasteiger partial charge on any atom is -0.497 e. The highest BCUT2D eigenvalue weighted by molar-refractivity contribution is 6.12. The molecule has 0 aromatic heterocycles. The summed E-state index contributed by atoms with van der Waals surface area (Å²) in [7, 11) is 1.61. The summed E-state index contributed by atoms with van der Waals surface area (Å²) in [5.74, 6) is 0.927. The second kappa shape index (κ2) is 10.2. The van der Waals surface area contributed by atoms with Crippen molar-refractivity contribution in [2.75, 3.05) is 29.3 Å². The summed E-state index contributed by atoms with van der Waals surface area (Å²) >= 11 is 0. The van der Waals surface area contributed by atoms with Crippen LogP contribution < -0.4 is 25.0 Å². The molecular formula is C29H25N3O4. The molecule has 1 aliphatic rings. The summed E-state index contributed by atoms with van der Waals surface area (Å²) in [6.45, 7) is -0.111. The van der Waals surface area contributed by atoms with E-state index < -0.39 is 6.17 Å². The topological polar surface area (TPSA) is 79.9 Å². The Hall–Kier alpha value is -4.78. The third kappa shape index (κ3) is 4.86. The van der Waals surface area contributed by atoms with Crippen LogP contribution in [0.5, 0.6) is 11.5 Å². The van der Waals surface area contributed by atoms with Gasteiger partial charge in [-0.1, -0.05) is 42.5 Å². The molecule has 0 saturated heterocycles. The van der Waals surface area contributed by atoms with E-state index >= 15 is 0 Å². The Balaban J connectivity index is 1.35. The van der Waals surface area contributed by atoms with Crippen LogP contribution in [0.3, 0.4) is 0 Å². The molecule has 0 spiro atoms. The van der Waals surface area contributed by atoms with E-state index in [2.05, 4.69) is 10.6 Å². The lowest BCUT2D eigenvalue weighted by atomic mass is 10.0. The Bertz CT molecular complexity index is 1360. The molecule has 2 N–H and O–H groups in total. The van der Waals surface area contributed by atoms with Crippen LogP contribution in [0.4, 0.5) is 17.1 Å². The summed E-state index contributed by atoms with van der Waals surface area (Å²) in [5, 5.41) is 6.28. The van der Waals surface area contributed by atoms with Crippen molar-refractivity contribution >= 4 is 28.9 Å². The molecule has 0 aliphatic carbocycles. The number of benzene rings is 4. The second-order valence-corrected chi connectivity index (χ2v) is 8.24. The first-order valence-corrected chi connectivity index (χ1v) is 11.5. The van der Waals surface area contributed by atoms with Gasteiger partial charge in [0.2, 0.25) is 0 Å². The van der Waals surface area contributed by atoms with Crippen LogP contribution in [-0.2, 0) is 4.79 Å². The number of para-hydroxylation sites is 2. The first kappa shape index (κ1) is 23.0. The number of methoxy groups -OCH3 is 1. The van der Waals surface area contributed by atoms with E-state index in [1.807, 2.05) is 91.0 Å². The Labute approximate surface area is 209 Å². The molecule has 180 valence electrons. The van der Waals surface area contributed by atoms with Gasteiger partial charge in [0.15, 0.2) is 6.61 Å². The van der Waals surface area contributed by atoms with E-state index in [0.717, 1.165) is 16.9 Å². The first-order valence-electron chi connectivity index (χ1n) is 11.5. The zero-order valence-electron chi connectivity index (χ0n) is 19.7. The van der Waals surface area contributed by atoms with E-state index in [9.17, 15) is 9.59 Å². The van der Waals surface area contributed by atoms with E-state index in [4.69, 9.17) is 9.47 Å². The highest BCUT2D eigenvalue weighted by atomic mass is 16.5. The molecule has 0 radical (unpaired) electrons. The normalized spacial score (nSPS) is 14.4. The maximum atomic E-state index is 13.5. The summed E-state index contributed by atoms with van der Waals surface area (Å²) < 4.78 is 10.9. The van der Waals surface area contributed by atoms with Gasteiger partial charge in [-0.3, -0.25) is 14.5 Å². The zero-order valence-corrected chi connectivity index (χ0v) is 19.7. The number of anilines is 3. The van der Waals surface area contributed by atoms with Gasteiger partial charge in [0, 0.05) is 17.1 Å². The molecule has 5 rings (SSSR count). The predicted molar refractivity (Wildman–Crippen MR) is 140 cm³/mol. The van der Waals surface area contributed by atoms with E-state index in [1.165, 1.54) is 0 Å². The number of amides is 2. The summed E-state index contributed by atoms with van der Waals surface area (Å²) in [5.41, 5.74) is 3.71. The van der Waals surface area contributed by atoms with E-state index in [1.54, 1.807) is 24.1 Å². The lowest BCUT2D eigenvalue weighted by Gasteiger charge is -2.38. The van der Waals surface area contributed by atoms with Gasteiger partial charge in [-0.2, -0.15) is 0 Å². The highest BCUT2D eigenvalue weighted by Gasteiger charge is 2.34. The standard InChI is InChI=1S/C29H25N3O4/c1-35-23-17-13-22(14-18-23)32-28(31-26-10-6-5-9-25(26)29(32)34)20-11-15-24(16-12-20)36-19-27(33)30-21-7-3-2-4-8-21/h2-18,28,31H,19H2,1H3,(H,30,33)/t28-/m0/s1. The molecule has 0 unspecified atom stereocenters. The van der Waals surface area contributed by atoms with Crippen molar-refractivity contribution in [1.82, 2.24) is 0 Å². The van der Waals surface area contributed by atoms with Gasteiger partial charge in [-0.15, -0.1) is 0 Å². The number of fused-ring (bicyclic) bond motifs is 1. The quantitative estimate of drug-likeness (QED) is 0.367. The Morgan fingerprint density at radius 1 is 0.861 bits per heavy atom. The number of carbonyl (C=O) groups is 2. The highest BCUT2D eigenvalue weighted by Crippen LogP contribution is 2.37. The molecule has 2 amide bonds. The largest absolute Gasteiger partial charge is 0.497 e. The fourth-order valence-electron chi connectivity index (χ4n) is 4.11. The fraction of sp³-hybridized carbons (Fsp3) is 0.103. The zero-order chi connectivity index (χ0) is 24.9. The summed E-state index contributed by atoms with van der Waals surface area (Å²) in [4.78, 5) is 27.5. The van der Waals surface area contributed by atoms with Crippen molar-refractivity contribution < 1.29 is 19.1 Å². The van der Waals surface area contributed by atoms with Crippen molar-refractivity contribution in [3.05, 3.63) is 114 Å². The molecule has 0 bridgehead atoms. The fourth-order valence-corrected chi connectivity index (χ4v) is 4.11. The van der Waals surface area contributed by atoms with Gasteiger partial charge >= 0.3 is 0 Å². The van der Waals surface area contributed by atoms with Crippen LogP contribution in [-0.4, -0.2) is 25.5 Å². The van der Waals surface area contributed by atoms with Crippen molar-refractivity contribution in [3.8, 4) is 11.5 Å². The van der Waals surface area contributed by atoms with Crippen molar-refractivity contribution in [1.29, 1.82) is 0 Å². The monoisotopic (exact) mass is 479 g/mol. The van der Waals surface area contributed by atoms with Crippen LogP contribution in [0.2, 0.25) is 0 Å². The molecule has 1 aliphatic heterocycles. The Morgan fingerprint density at radius 2 is 1.53 bits per heavy atom. The first-order chi connectivity index (χ1) is 17.6. The van der Waals surface area contributed by atoms with Crippen molar-refractivity contribution in [2.24, 2.45) is 0 Å². The van der Waals surface area contributed by atoms with Crippen LogP contribution in [0.1, 0.15) is 22.1 Å². The lowest BCUT2D eigenvalue weighted by Crippen LogP contribution is -2.43. The van der Waals surface area contributed by atoms with E-state index in [-0.39, 0.29) is 18.4 Å². The number of rotatable bonds is 7. The smallest absolute Gasteiger partial charge is 0.262 e. The minimum atomic E-state index is -0.434. The number of nitrogens with one attached hydrogen (secondary N) is 2. The van der Waals surface area contributed by atoms with Crippen LogP contribution >= 0.6 is 0 Å². The molecular weight excluding hydrogens is 454 g/mol. The maximum Gasteiger partial charge on any atom is 0.262 e. The van der Waals surface area contributed by atoms with Gasteiger partial charge in [0.1, 0.15) is 17.7 Å². The molecule has 0 fully saturated rings. The molecule has 0 saturated carbocycles. The maximum absolute atomic E-state index is 13.5. The van der Waals surface area contributed by atoms with Crippen molar-refractivity contribution in [3.63, 3.8) is 0 Å². The Morgan fingerprint density at radius 3 is 2.25 bits per heavy atom. The van der Waals surface area contributed by atoms with Gasteiger partial charge in [0.25, 0.3) is 11.8 Å². The van der Waals surface area contributed by atoms with Gasteiger partial charge in [-0.05, 0) is 66.2 Å². The molecule has 7 nitrogen and oxygen atoms in total. The second-order valence-electron chi connectivity index (χ2n) is 8.24. The summed E-state index contributed by atoms with van der Waals surface area (Å²) in [6, 6.07) is 31.4. The molecule has 4 aromatic rings. The molecule has 36 heavy (non-hydrogen) atoms. The van der Waals surface area contributed by atoms with Gasteiger partial charge in [-0.25, -0.2) is 0 Å². The SMILES string of the molecule is COc1ccc(N2C(=O)c3ccccc3N[C@@H]2c2ccc(OCC(=O)Nc3ccccc3)cc2)cc1. The molecule has 4 aromatic carbocycles. The molecule has 1 heterocycles. The molecule has 1 atom stereocenters. The van der Waals surface area contributed by atoms with Gasteiger partial charge < -0.3 is 20.1 Å². The predicted octanol–water partition coefficient (Wildman–Crippen LogP) is 5.48.